The average Bonchev–Trinajstić information content (AvgIpc) is 3.03. The van der Waals surface area contributed by atoms with E-state index in [9.17, 15) is 4.79 Å². The maximum atomic E-state index is 12.3. The molecule has 1 N–H and O–H groups in total. The number of nitrogens with one attached hydrogen (secondary N) is 1. The molecule has 0 aromatic heterocycles. The van der Waals surface area contributed by atoms with Crippen LogP contribution in [0.2, 0.25) is 0 Å². The summed E-state index contributed by atoms with van der Waals surface area (Å²) >= 11 is 0. The third-order valence-corrected chi connectivity index (χ3v) is 4.37. The summed E-state index contributed by atoms with van der Waals surface area (Å²) < 4.78 is 0. The lowest BCUT2D eigenvalue weighted by Crippen LogP contribution is -2.15. The van der Waals surface area contributed by atoms with Gasteiger partial charge in [-0.05, 0) is 50.2 Å². The third kappa shape index (κ3) is 2.73. The van der Waals surface area contributed by atoms with Crippen molar-refractivity contribution in [3.63, 3.8) is 0 Å². The zero-order valence-corrected chi connectivity index (χ0v) is 11.4. The van der Waals surface area contributed by atoms with Crippen LogP contribution in [0.25, 0.3) is 0 Å². The van der Waals surface area contributed by atoms with Crippen molar-refractivity contribution < 1.29 is 4.79 Å². The minimum absolute atomic E-state index is 0.199. The third-order valence-electron chi connectivity index (χ3n) is 4.37. The molecule has 1 saturated carbocycles. The van der Waals surface area contributed by atoms with Gasteiger partial charge in [0, 0.05) is 11.6 Å². The summed E-state index contributed by atoms with van der Waals surface area (Å²) in [4.78, 5) is 12.3. The molecule has 1 amide bonds. The monoisotopic (exact) mass is 255 g/mol. The fourth-order valence-electron chi connectivity index (χ4n) is 3.16. The molecule has 2 nitrogen and oxygen atoms in total. The molecule has 0 aliphatic heterocycles. The van der Waals surface area contributed by atoms with Crippen molar-refractivity contribution in [2.75, 3.05) is 5.32 Å². The van der Waals surface area contributed by atoms with Gasteiger partial charge in [0.25, 0.3) is 0 Å². The molecule has 0 saturated heterocycles. The smallest absolute Gasteiger partial charge is 0.228 e. The molecule has 2 heteroatoms. The van der Waals surface area contributed by atoms with Crippen molar-refractivity contribution >= 4 is 11.6 Å². The molecule has 3 rings (SSSR count). The first-order chi connectivity index (χ1) is 9.25. The zero-order valence-electron chi connectivity index (χ0n) is 11.4. The molecule has 1 aromatic rings. The Morgan fingerprint density at radius 1 is 1.21 bits per heavy atom. The summed E-state index contributed by atoms with van der Waals surface area (Å²) in [5.74, 6) is 1.48. The number of rotatable bonds is 2. The molecular weight excluding hydrogens is 234 g/mol. The first kappa shape index (κ1) is 12.5. The van der Waals surface area contributed by atoms with Crippen LogP contribution < -0.4 is 5.32 Å². The quantitative estimate of drug-likeness (QED) is 0.797. The lowest BCUT2D eigenvalue weighted by molar-refractivity contribution is -0.117. The second-order valence-electron chi connectivity index (χ2n) is 5.83. The number of amides is 1. The first-order valence-corrected chi connectivity index (χ1v) is 7.30. The molecule has 0 bridgehead atoms. The van der Waals surface area contributed by atoms with E-state index in [0.29, 0.717) is 11.8 Å². The molecule has 3 atom stereocenters. The predicted molar refractivity (Wildman–Crippen MR) is 77.9 cm³/mol. The molecule has 100 valence electrons. The van der Waals surface area contributed by atoms with Gasteiger partial charge in [0.15, 0.2) is 0 Å². The Hall–Kier alpha value is -1.57. The van der Waals surface area contributed by atoms with E-state index in [4.69, 9.17) is 0 Å². The number of fused-ring (bicyclic) bond motifs is 1. The van der Waals surface area contributed by atoms with E-state index >= 15 is 0 Å². The Morgan fingerprint density at radius 3 is 2.79 bits per heavy atom. The van der Waals surface area contributed by atoms with Crippen molar-refractivity contribution in [1.29, 1.82) is 0 Å². The van der Waals surface area contributed by atoms with Crippen molar-refractivity contribution in [3.8, 4) is 0 Å². The largest absolute Gasteiger partial charge is 0.326 e. The number of carbonyl (C=O) groups is 1. The second kappa shape index (κ2) is 5.20. The Bertz CT molecular complexity index is 488. The summed E-state index contributed by atoms with van der Waals surface area (Å²) in [7, 11) is 0. The van der Waals surface area contributed by atoms with Gasteiger partial charge >= 0.3 is 0 Å². The van der Waals surface area contributed by atoms with Crippen molar-refractivity contribution in [3.05, 3.63) is 42.0 Å². The van der Waals surface area contributed by atoms with E-state index in [-0.39, 0.29) is 11.8 Å². The van der Waals surface area contributed by atoms with Crippen molar-refractivity contribution in [2.45, 2.75) is 32.6 Å². The number of aryl methyl sites for hydroxylation is 1. The topological polar surface area (TPSA) is 29.1 Å². The summed E-state index contributed by atoms with van der Waals surface area (Å²) in [6.07, 6.45) is 9.45. The molecule has 0 radical (unpaired) electrons. The van der Waals surface area contributed by atoms with Gasteiger partial charge in [0.2, 0.25) is 5.91 Å². The van der Waals surface area contributed by atoms with Gasteiger partial charge < -0.3 is 5.32 Å². The lowest BCUT2D eigenvalue weighted by Gasteiger charge is -2.05. The molecule has 2 aliphatic rings. The SMILES string of the molecule is Cc1ccc(NC(=O)[C@H]2[C@H]3/C=C\CCCC[C@H]32)cc1. The molecule has 0 unspecified atom stereocenters. The van der Waals surface area contributed by atoms with Crippen LogP contribution >= 0.6 is 0 Å². The van der Waals surface area contributed by atoms with Gasteiger partial charge in [-0.15, -0.1) is 0 Å². The highest BCUT2D eigenvalue weighted by molar-refractivity contribution is 5.95. The minimum atomic E-state index is 0.199. The fraction of sp³-hybridized carbons (Fsp3) is 0.471. The molecule has 1 fully saturated rings. The van der Waals surface area contributed by atoms with Crippen LogP contribution in [0.3, 0.4) is 0 Å². The number of benzene rings is 1. The standard InChI is InChI=1S/C17H21NO/c1-12-8-10-13(11-9-12)18-17(19)16-14-6-4-2-3-5-7-15(14)16/h4,6,8-11,14-16H,2-3,5,7H2,1H3,(H,18,19)/b6-4-/t14-,15+,16-/m0/s1. The normalized spacial score (nSPS) is 30.7. The summed E-state index contributed by atoms with van der Waals surface area (Å²) in [6, 6.07) is 8.03. The summed E-state index contributed by atoms with van der Waals surface area (Å²) in [5.41, 5.74) is 2.13. The van der Waals surface area contributed by atoms with Gasteiger partial charge in [-0.25, -0.2) is 0 Å². The number of allylic oxidation sites excluding steroid dienone is 2. The lowest BCUT2D eigenvalue weighted by atomic mass is 10.1. The molecule has 0 spiro atoms. The molecule has 1 aromatic carbocycles. The second-order valence-corrected chi connectivity index (χ2v) is 5.83. The zero-order chi connectivity index (χ0) is 13.2. The van der Waals surface area contributed by atoms with Crippen LogP contribution in [-0.4, -0.2) is 5.91 Å². The van der Waals surface area contributed by atoms with E-state index in [1.165, 1.54) is 31.2 Å². The molecule has 0 heterocycles. The molecule has 19 heavy (non-hydrogen) atoms. The van der Waals surface area contributed by atoms with Crippen LogP contribution in [0.4, 0.5) is 5.69 Å². The maximum absolute atomic E-state index is 12.3. The molecular formula is C17H21NO. The van der Waals surface area contributed by atoms with Gasteiger partial charge in [0.1, 0.15) is 0 Å². The van der Waals surface area contributed by atoms with E-state index in [2.05, 4.69) is 24.4 Å². The minimum Gasteiger partial charge on any atom is -0.326 e. The van der Waals surface area contributed by atoms with Gasteiger partial charge in [-0.3, -0.25) is 4.79 Å². The van der Waals surface area contributed by atoms with E-state index in [0.717, 1.165) is 5.69 Å². The number of anilines is 1. The maximum Gasteiger partial charge on any atom is 0.228 e. The number of carbonyl (C=O) groups excluding carboxylic acids is 1. The highest BCUT2D eigenvalue weighted by Gasteiger charge is 2.52. The molecule has 2 aliphatic carbocycles. The summed E-state index contributed by atoms with van der Waals surface area (Å²) in [5, 5.41) is 3.06. The van der Waals surface area contributed by atoms with Gasteiger partial charge in [-0.1, -0.05) is 36.3 Å². The first-order valence-electron chi connectivity index (χ1n) is 7.30. The number of hydrogen-bond donors (Lipinski definition) is 1. The van der Waals surface area contributed by atoms with Crippen LogP contribution in [-0.2, 0) is 4.79 Å². The van der Waals surface area contributed by atoms with Gasteiger partial charge in [0.05, 0.1) is 0 Å². The Kier molecular flexibility index (Phi) is 3.41. The van der Waals surface area contributed by atoms with Crippen LogP contribution in [0.1, 0.15) is 31.2 Å². The van der Waals surface area contributed by atoms with Crippen LogP contribution in [0.5, 0.6) is 0 Å². The van der Waals surface area contributed by atoms with E-state index in [1.807, 2.05) is 24.3 Å². The highest BCUT2D eigenvalue weighted by atomic mass is 16.2. The Balaban J connectivity index is 1.64. The number of hydrogen-bond acceptors (Lipinski definition) is 1. The van der Waals surface area contributed by atoms with Crippen LogP contribution in [0, 0.1) is 24.7 Å². The average molecular weight is 255 g/mol. The van der Waals surface area contributed by atoms with Gasteiger partial charge in [-0.2, -0.15) is 0 Å². The van der Waals surface area contributed by atoms with E-state index in [1.54, 1.807) is 0 Å². The summed E-state index contributed by atoms with van der Waals surface area (Å²) in [6.45, 7) is 2.05. The fourth-order valence-corrected chi connectivity index (χ4v) is 3.16. The predicted octanol–water partition coefficient (Wildman–Crippen LogP) is 3.93. The van der Waals surface area contributed by atoms with Crippen molar-refractivity contribution in [1.82, 2.24) is 0 Å². The highest BCUT2D eigenvalue weighted by Crippen LogP contribution is 2.51. The Labute approximate surface area is 114 Å². The van der Waals surface area contributed by atoms with E-state index < -0.39 is 0 Å². The Morgan fingerprint density at radius 2 is 2.00 bits per heavy atom. The van der Waals surface area contributed by atoms with Crippen LogP contribution in [0.15, 0.2) is 36.4 Å². The van der Waals surface area contributed by atoms with Crippen molar-refractivity contribution in [2.24, 2.45) is 17.8 Å².